The fraction of sp³-hybridized carbons (Fsp3) is 0.500. The van der Waals surface area contributed by atoms with Gasteiger partial charge in [0, 0.05) is 19.6 Å². The van der Waals surface area contributed by atoms with Gasteiger partial charge in [-0.05, 0) is 41.2 Å². The third kappa shape index (κ3) is 4.46. The summed E-state index contributed by atoms with van der Waals surface area (Å²) in [5, 5.41) is 12.7. The van der Waals surface area contributed by atoms with E-state index in [1.165, 1.54) is 11.8 Å². The molecule has 3 unspecified atom stereocenters. The number of fused-ring (bicyclic) bond motifs is 1. The second kappa shape index (κ2) is 7.33. The van der Waals surface area contributed by atoms with Crippen molar-refractivity contribution in [3.05, 3.63) is 42.5 Å². The zero-order valence-electron chi connectivity index (χ0n) is 14.1. The Kier molecular flexibility index (Phi) is 5.19. The first-order chi connectivity index (χ1) is 11.1. The minimum Gasteiger partial charge on any atom is -0.491 e. The van der Waals surface area contributed by atoms with Gasteiger partial charge in [-0.2, -0.15) is 0 Å². The van der Waals surface area contributed by atoms with E-state index in [0.717, 1.165) is 24.2 Å². The van der Waals surface area contributed by atoms with Crippen molar-refractivity contribution in [2.45, 2.75) is 26.4 Å². The van der Waals surface area contributed by atoms with Crippen LogP contribution in [0.2, 0.25) is 0 Å². The molecule has 1 aliphatic heterocycles. The Morgan fingerprint density at radius 1 is 1.09 bits per heavy atom. The molecule has 0 bridgehead atoms. The van der Waals surface area contributed by atoms with Gasteiger partial charge >= 0.3 is 0 Å². The largest absolute Gasteiger partial charge is 0.491 e. The van der Waals surface area contributed by atoms with Crippen molar-refractivity contribution in [2.75, 3.05) is 26.2 Å². The van der Waals surface area contributed by atoms with Crippen LogP contribution in [-0.2, 0) is 0 Å². The molecule has 0 radical (unpaired) electrons. The molecule has 3 nitrogen and oxygen atoms in total. The van der Waals surface area contributed by atoms with Crippen molar-refractivity contribution >= 4 is 10.8 Å². The second-order valence-electron chi connectivity index (χ2n) is 7.14. The topological polar surface area (TPSA) is 32.7 Å². The third-order valence-electron chi connectivity index (χ3n) is 4.58. The highest BCUT2D eigenvalue weighted by atomic mass is 16.5. The first-order valence-electron chi connectivity index (χ1n) is 8.62. The fourth-order valence-electron chi connectivity index (χ4n) is 3.74. The molecule has 1 N–H and O–H groups in total. The molecule has 1 aliphatic rings. The van der Waals surface area contributed by atoms with Crippen LogP contribution < -0.4 is 4.74 Å². The van der Waals surface area contributed by atoms with Gasteiger partial charge in [-0.3, -0.25) is 0 Å². The molecule has 1 saturated heterocycles. The molecule has 1 heterocycles. The van der Waals surface area contributed by atoms with Gasteiger partial charge < -0.3 is 14.7 Å². The zero-order chi connectivity index (χ0) is 16.2. The molecule has 0 saturated carbocycles. The number of piperidine rings is 1. The Bertz CT molecular complexity index is 632. The van der Waals surface area contributed by atoms with E-state index in [1.807, 2.05) is 24.3 Å². The van der Waals surface area contributed by atoms with Crippen LogP contribution in [0.3, 0.4) is 0 Å². The molecular weight excluding hydrogens is 286 g/mol. The van der Waals surface area contributed by atoms with E-state index in [9.17, 15) is 5.11 Å². The molecule has 0 amide bonds. The van der Waals surface area contributed by atoms with E-state index in [4.69, 9.17) is 4.74 Å². The van der Waals surface area contributed by atoms with Gasteiger partial charge in [0.25, 0.3) is 0 Å². The number of benzene rings is 2. The molecule has 0 aromatic heterocycles. The molecule has 3 heteroatoms. The maximum atomic E-state index is 10.3. The number of aliphatic hydroxyl groups excluding tert-OH is 1. The summed E-state index contributed by atoms with van der Waals surface area (Å²) < 4.78 is 5.79. The van der Waals surface area contributed by atoms with E-state index in [-0.39, 0.29) is 0 Å². The van der Waals surface area contributed by atoms with Crippen molar-refractivity contribution in [2.24, 2.45) is 11.8 Å². The summed E-state index contributed by atoms with van der Waals surface area (Å²) in [5.41, 5.74) is 0. The summed E-state index contributed by atoms with van der Waals surface area (Å²) >= 11 is 0. The lowest BCUT2D eigenvalue weighted by molar-refractivity contribution is 0.0429. The maximum Gasteiger partial charge on any atom is 0.120 e. The molecule has 0 aliphatic carbocycles. The van der Waals surface area contributed by atoms with Gasteiger partial charge in [0.1, 0.15) is 18.5 Å². The predicted octanol–water partition coefficient (Wildman–Crippen LogP) is 3.56. The van der Waals surface area contributed by atoms with Crippen LogP contribution >= 0.6 is 0 Å². The van der Waals surface area contributed by atoms with E-state index >= 15 is 0 Å². The van der Waals surface area contributed by atoms with Gasteiger partial charge in [0.2, 0.25) is 0 Å². The lowest BCUT2D eigenvalue weighted by Gasteiger charge is -2.35. The van der Waals surface area contributed by atoms with Crippen molar-refractivity contribution in [1.29, 1.82) is 0 Å². The maximum absolute atomic E-state index is 10.3. The van der Waals surface area contributed by atoms with Crippen LogP contribution in [-0.4, -0.2) is 42.4 Å². The Morgan fingerprint density at radius 2 is 1.78 bits per heavy atom. The normalized spacial score (nSPS) is 23.8. The van der Waals surface area contributed by atoms with E-state index in [1.54, 1.807) is 0 Å². The first-order valence-corrected chi connectivity index (χ1v) is 8.62. The Hall–Kier alpha value is -1.58. The molecule has 2 aromatic carbocycles. The van der Waals surface area contributed by atoms with Gasteiger partial charge in [-0.25, -0.2) is 0 Å². The van der Waals surface area contributed by atoms with Crippen molar-refractivity contribution in [3.8, 4) is 5.75 Å². The predicted molar refractivity (Wildman–Crippen MR) is 94.8 cm³/mol. The third-order valence-corrected chi connectivity index (χ3v) is 4.58. The Morgan fingerprint density at radius 3 is 2.52 bits per heavy atom. The molecule has 3 rings (SSSR count). The quantitative estimate of drug-likeness (QED) is 0.916. The van der Waals surface area contributed by atoms with E-state index < -0.39 is 6.10 Å². The summed E-state index contributed by atoms with van der Waals surface area (Å²) in [7, 11) is 0. The summed E-state index contributed by atoms with van der Waals surface area (Å²) in [4.78, 5) is 2.37. The standard InChI is InChI=1S/C20H27NO2/c1-15-9-16(2)12-21(11-15)13-19(22)14-23-20-8-7-17-5-3-4-6-18(17)10-20/h3-8,10,15-16,19,22H,9,11-14H2,1-2H3. The average molecular weight is 313 g/mol. The number of ether oxygens (including phenoxy) is 1. The van der Waals surface area contributed by atoms with Crippen LogP contribution in [0.5, 0.6) is 5.75 Å². The Labute approximate surface area is 138 Å². The lowest BCUT2D eigenvalue weighted by Crippen LogP contribution is -2.43. The van der Waals surface area contributed by atoms with Gasteiger partial charge in [0.05, 0.1) is 0 Å². The minimum absolute atomic E-state index is 0.345. The highest BCUT2D eigenvalue weighted by molar-refractivity contribution is 5.83. The summed E-state index contributed by atoms with van der Waals surface area (Å²) in [5.74, 6) is 2.25. The van der Waals surface area contributed by atoms with Crippen LogP contribution in [0.1, 0.15) is 20.3 Å². The van der Waals surface area contributed by atoms with Crippen LogP contribution in [0.15, 0.2) is 42.5 Å². The van der Waals surface area contributed by atoms with Gasteiger partial charge in [-0.15, -0.1) is 0 Å². The van der Waals surface area contributed by atoms with Gasteiger partial charge in [0.15, 0.2) is 0 Å². The van der Waals surface area contributed by atoms with Crippen LogP contribution in [0.25, 0.3) is 10.8 Å². The van der Waals surface area contributed by atoms with Crippen molar-refractivity contribution in [1.82, 2.24) is 4.90 Å². The second-order valence-corrected chi connectivity index (χ2v) is 7.14. The zero-order valence-corrected chi connectivity index (χ0v) is 14.1. The van der Waals surface area contributed by atoms with Crippen LogP contribution in [0.4, 0.5) is 0 Å². The summed E-state index contributed by atoms with van der Waals surface area (Å²) in [6, 6.07) is 14.3. The molecule has 1 fully saturated rings. The molecule has 3 atom stereocenters. The molecule has 0 spiro atoms. The average Bonchev–Trinajstić information content (AvgIpc) is 2.52. The summed E-state index contributed by atoms with van der Waals surface area (Å²) in [6.45, 7) is 7.79. The molecule has 124 valence electrons. The van der Waals surface area contributed by atoms with Crippen molar-refractivity contribution < 1.29 is 9.84 Å². The Balaban J connectivity index is 1.52. The first kappa shape index (κ1) is 16.3. The van der Waals surface area contributed by atoms with E-state index in [0.29, 0.717) is 25.0 Å². The van der Waals surface area contributed by atoms with E-state index in [2.05, 4.69) is 36.9 Å². The SMILES string of the molecule is CC1CC(C)CN(CC(O)COc2ccc3ccccc3c2)C1. The number of nitrogens with zero attached hydrogens (tertiary/aromatic N) is 1. The molecule has 2 aromatic rings. The monoisotopic (exact) mass is 313 g/mol. The minimum atomic E-state index is -0.445. The number of rotatable bonds is 5. The summed E-state index contributed by atoms with van der Waals surface area (Å²) in [6.07, 6.45) is 0.846. The number of hydrogen-bond acceptors (Lipinski definition) is 3. The van der Waals surface area contributed by atoms with Crippen LogP contribution in [0, 0.1) is 11.8 Å². The fourth-order valence-corrected chi connectivity index (χ4v) is 3.74. The number of likely N-dealkylation sites (tertiary alicyclic amines) is 1. The number of aliphatic hydroxyl groups is 1. The number of hydrogen-bond donors (Lipinski definition) is 1. The molecule has 23 heavy (non-hydrogen) atoms. The number of β-amino-alcohol motifs (C(OH)–C–C–N with tert-alkyl or cyclic N) is 1. The highest BCUT2D eigenvalue weighted by Gasteiger charge is 2.23. The molecular formula is C20H27NO2. The smallest absolute Gasteiger partial charge is 0.120 e. The highest BCUT2D eigenvalue weighted by Crippen LogP contribution is 2.22. The van der Waals surface area contributed by atoms with Gasteiger partial charge in [-0.1, -0.05) is 44.2 Å². The van der Waals surface area contributed by atoms with Crippen molar-refractivity contribution in [3.63, 3.8) is 0 Å². The lowest BCUT2D eigenvalue weighted by atomic mass is 9.92.